The molecule has 0 aromatic heterocycles. The molecule has 22 heavy (non-hydrogen) atoms. The Morgan fingerprint density at radius 2 is 1.45 bits per heavy atom. The van der Waals surface area contributed by atoms with Crippen molar-refractivity contribution < 1.29 is 19.7 Å². The van der Waals surface area contributed by atoms with Crippen molar-refractivity contribution in [2.75, 3.05) is 7.11 Å². The lowest BCUT2D eigenvalue weighted by Crippen LogP contribution is -2.48. The number of ether oxygens (including phenoxy) is 1. The smallest absolute Gasteiger partial charge is 0.312 e. The Hall–Kier alpha value is -2.33. The van der Waals surface area contributed by atoms with Crippen molar-refractivity contribution in [3.8, 4) is 5.75 Å². The van der Waals surface area contributed by atoms with Gasteiger partial charge in [-0.05, 0) is 37.1 Å². The third kappa shape index (κ3) is 2.46. The monoisotopic (exact) mass is 300 g/mol. The van der Waals surface area contributed by atoms with Crippen LogP contribution < -0.4 is 4.74 Å². The third-order valence-electron chi connectivity index (χ3n) is 4.14. The predicted octanol–water partition coefficient (Wildman–Crippen LogP) is 3.04. The van der Waals surface area contributed by atoms with Crippen molar-refractivity contribution >= 4 is 5.97 Å². The predicted molar refractivity (Wildman–Crippen MR) is 83.9 cm³/mol. The summed E-state index contributed by atoms with van der Waals surface area (Å²) < 4.78 is 5.12. The van der Waals surface area contributed by atoms with Gasteiger partial charge in [-0.15, -0.1) is 0 Å². The molecule has 4 nitrogen and oxygen atoms in total. The average molecular weight is 300 g/mol. The van der Waals surface area contributed by atoms with Crippen LogP contribution in [0.5, 0.6) is 5.75 Å². The highest BCUT2D eigenvalue weighted by atomic mass is 16.5. The molecule has 0 aliphatic heterocycles. The summed E-state index contributed by atoms with van der Waals surface area (Å²) in [4.78, 5) is 11.8. The number of methoxy groups -OCH3 is 1. The Bertz CT molecular complexity index is 647. The molecule has 1 atom stereocenters. The first-order chi connectivity index (χ1) is 10.3. The van der Waals surface area contributed by atoms with E-state index in [0.717, 1.165) is 0 Å². The van der Waals surface area contributed by atoms with Crippen LogP contribution in [0, 0.1) is 5.41 Å². The first-order valence-corrected chi connectivity index (χ1v) is 7.00. The van der Waals surface area contributed by atoms with Gasteiger partial charge in [0, 0.05) is 0 Å². The molecule has 2 aromatic rings. The van der Waals surface area contributed by atoms with Crippen LogP contribution in [0.25, 0.3) is 0 Å². The van der Waals surface area contributed by atoms with Gasteiger partial charge in [0.15, 0.2) is 0 Å². The van der Waals surface area contributed by atoms with E-state index >= 15 is 0 Å². The molecule has 0 spiro atoms. The molecule has 2 aromatic carbocycles. The van der Waals surface area contributed by atoms with Gasteiger partial charge in [-0.2, -0.15) is 0 Å². The van der Waals surface area contributed by atoms with Crippen LogP contribution in [0.4, 0.5) is 0 Å². The van der Waals surface area contributed by atoms with E-state index in [-0.39, 0.29) is 0 Å². The van der Waals surface area contributed by atoms with Crippen LogP contribution in [-0.2, 0) is 10.4 Å². The number of carboxylic acids is 1. The van der Waals surface area contributed by atoms with Crippen LogP contribution >= 0.6 is 0 Å². The van der Waals surface area contributed by atoms with E-state index < -0.39 is 17.0 Å². The number of carboxylic acid groups (broad SMARTS) is 1. The zero-order valence-corrected chi connectivity index (χ0v) is 12.9. The minimum absolute atomic E-state index is 0.506. The maximum Gasteiger partial charge on any atom is 0.312 e. The van der Waals surface area contributed by atoms with E-state index in [4.69, 9.17) is 4.74 Å². The average Bonchev–Trinajstić information content (AvgIpc) is 2.54. The van der Waals surface area contributed by atoms with Gasteiger partial charge in [0.25, 0.3) is 0 Å². The fourth-order valence-electron chi connectivity index (χ4n) is 2.55. The molecule has 0 fully saturated rings. The number of carbonyl (C=O) groups is 1. The molecule has 0 saturated carbocycles. The number of rotatable bonds is 5. The van der Waals surface area contributed by atoms with Crippen molar-refractivity contribution in [2.45, 2.75) is 19.4 Å². The van der Waals surface area contributed by atoms with Crippen LogP contribution in [0.1, 0.15) is 25.0 Å². The van der Waals surface area contributed by atoms with E-state index in [9.17, 15) is 15.0 Å². The number of aliphatic carboxylic acids is 1. The fraction of sp³-hybridized carbons (Fsp3) is 0.278. The summed E-state index contributed by atoms with van der Waals surface area (Å²) in [6.07, 6.45) is 0. The standard InChI is InChI=1S/C18H20O4/c1-17(2,16(19)20)18(21,13-7-5-4-6-8-13)14-9-11-15(22-3)12-10-14/h4-12,21H,1-3H3,(H,19,20)/t18-/m1/s1. The molecule has 0 aliphatic rings. The summed E-state index contributed by atoms with van der Waals surface area (Å²) in [6, 6.07) is 15.6. The Labute approximate surface area is 130 Å². The van der Waals surface area contributed by atoms with Crippen LogP contribution in [-0.4, -0.2) is 23.3 Å². The second-order valence-electron chi connectivity index (χ2n) is 5.74. The van der Waals surface area contributed by atoms with Gasteiger partial charge >= 0.3 is 5.97 Å². The molecular weight excluding hydrogens is 280 g/mol. The molecule has 0 aliphatic carbocycles. The molecule has 2 rings (SSSR count). The van der Waals surface area contributed by atoms with Crippen LogP contribution in [0.3, 0.4) is 0 Å². The van der Waals surface area contributed by atoms with E-state index in [0.29, 0.717) is 16.9 Å². The van der Waals surface area contributed by atoms with Crippen LogP contribution in [0.2, 0.25) is 0 Å². The third-order valence-corrected chi connectivity index (χ3v) is 4.14. The van der Waals surface area contributed by atoms with E-state index in [2.05, 4.69) is 0 Å². The highest BCUT2D eigenvalue weighted by molar-refractivity contribution is 5.77. The van der Waals surface area contributed by atoms with Gasteiger partial charge in [0.05, 0.1) is 12.5 Å². The SMILES string of the molecule is COc1ccc([C@](O)(c2ccccc2)C(C)(C)C(=O)O)cc1. The summed E-state index contributed by atoms with van der Waals surface area (Å²) in [5.74, 6) is -0.429. The molecule has 4 heteroatoms. The van der Waals surface area contributed by atoms with Crippen molar-refractivity contribution in [3.05, 3.63) is 65.7 Å². The van der Waals surface area contributed by atoms with Gasteiger partial charge < -0.3 is 14.9 Å². The molecule has 0 radical (unpaired) electrons. The zero-order chi connectivity index (χ0) is 16.4. The summed E-state index contributed by atoms with van der Waals surface area (Å²) in [5.41, 5.74) is -2.03. The van der Waals surface area contributed by atoms with E-state index in [1.165, 1.54) is 13.8 Å². The molecule has 0 heterocycles. The van der Waals surface area contributed by atoms with E-state index in [1.54, 1.807) is 55.6 Å². The Balaban J connectivity index is 2.67. The van der Waals surface area contributed by atoms with Gasteiger partial charge in [-0.3, -0.25) is 4.79 Å². The normalized spacial score (nSPS) is 14.2. The second-order valence-corrected chi connectivity index (χ2v) is 5.74. The topological polar surface area (TPSA) is 66.8 Å². The number of aliphatic hydroxyl groups is 1. The molecule has 0 bridgehead atoms. The Morgan fingerprint density at radius 1 is 0.955 bits per heavy atom. The number of benzene rings is 2. The Kier molecular flexibility index (Phi) is 4.24. The van der Waals surface area contributed by atoms with Gasteiger partial charge in [0.2, 0.25) is 0 Å². The molecule has 0 saturated heterocycles. The summed E-state index contributed by atoms with van der Waals surface area (Å²) in [5, 5.41) is 21.0. The lowest BCUT2D eigenvalue weighted by Gasteiger charge is -2.40. The highest BCUT2D eigenvalue weighted by Gasteiger charge is 2.51. The Morgan fingerprint density at radius 3 is 1.91 bits per heavy atom. The lowest BCUT2D eigenvalue weighted by molar-refractivity contribution is -0.161. The minimum atomic E-state index is -1.66. The van der Waals surface area contributed by atoms with Crippen molar-refractivity contribution in [1.29, 1.82) is 0 Å². The fourth-order valence-corrected chi connectivity index (χ4v) is 2.55. The van der Waals surface area contributed by atoms with Crippen LogP contribution in [0.15, 0.2) is 54.6 Å². The minimum Gasteiger partial charge on any atom is -0.497 e. The summed E-state index contributed by atoms with van der Waals surface area (Å²) >= 11 is 0. The maximum atomic E-state index is 11.8. The molecule has 0 amide bonds. The number of hydrogen-bond acceptors (Lipinski definition) is 3. The molecule has 116 valence electrons. The summed E-state index contributed by atoms with van der Waals surface area (Å²) in [6.45, 7) is 3.04. The molecule has 2 N–H and O–H groups in total. The van der Waals surface area contributed by atoms with Crippen molar-refractivity contribution in [1.82, 2.24) is 0 Å². The molecular formula is C18H20O4. The van der Waals surface area contributed by atoms with Gasteiger partial charge in [-0.1, -0.05) is 42.5 Å². The zero-order valence-electron chi connectivity index (χ0n) is 12.9. The lowest BCUT2D eigenvalue weighted by atomic mass is 9.67. The van der Waals surface area contributed by atoms with Crippen molar-refractivity contribution in [2.24, 2.45) is 5.41 Å². The largest absolute Gasteiger partial charge is 0.497 e. The second kappa shape index (κ2) is 5.81. The first kappa shape index (κ1) is 16.0. The van der Waals surface area contributed by atoms with Gasteiger partial charge in [-0.25, -0.2) is 0 Å². The summed E-state index contributed by atoms with van der Waals surface area (Å²) in [7, 11) is 1.56. The van der Waals surface area contributed by atoms with Gasteiger partial charge in [0.1, 0.15) is 11.4 Å². The van der Waals surface area contributed by atoms with Crippen molar-refractivity contribution in [3.63, 3.8) is 0 Å². The first-order valence-electron chi connectivity index (χ1n) is 7.00. The molecule has 0 unspecified atom stereocenters. The maximum absolute atomic E-state index is 11.8. The van der Waals surface area contributed by atoms with E-state index in [1.807, 2.05) is 6.07 Å². The number of hydrogen-bond donors (Lipinski definition) is 2. The quantitative estimate of drug-likeness (QED) is 0.890. The highest BCUT2D eigenvalue weighted by Crippen LogP contribution is 2.45.